The highest BCUT2D eigenvalue weighted by atomic mass is 16.2. The van der Waals surface area contributed by atoms with Crippen LogP contribution in [-0.4, -0.2) is 17.6 Å². The SMILES string of the molecule is O=C(N/N=C(\N=Nc1ccccc1)c1ccccc1)c1ccc(N=C(N=Nc2ccccc2)c2ccccc2)cc1. The lowest BCUT2D eigenvalue weighted by atomic mass is 10.2. The van der Waals surface area contributed by atoms with Crippen molar-refractivity contribution in [2.45, 2.75) is 0 Å². The van der Waals surface area contributed by atoms with Crippen LogP contribution in [0.15, 0.2) is 176 Å². The van der Waals surface area contributed by atoms with Crippen molar-refractivity contribution in [2.24, 2.45) is 30.6 Å². The molecule has 0 saturated carbocycles. The Morgan fingerprint density at radius 1 is 0.439 bits per heavy atom. The van der Waals surface area contributed by atoms with Gasteiger partial charge in [-0.2, -0.15) is 0 Å². The average Bonchev–Trinajstić information content (AvgIpc) is 3.05. The van der Waals surface area contributed by atoms with E-state index >= 15 is 0 Å². The highest BCUT2D eigenvalue weighted by Gasteiger charge is 2.08. The van der Waals surface area contributed by atoms with Crippen molar-refractivity contribution in [3.8, 4) is 0 Å². The van der Waals surface area contributed by atoms with Gasteiger partial charge >= 0.3 is 0 Å². The molecule has 8 nitrogen and oxygen atoms in total. The van der Waals surface area contributed by atoms with E-state index in [1.54, 1.807) is 24.3 Å². The zero-order chi connectivity index (χ0) is 28.1. The lowest BCUT2D eigenvalue weighted by molar-refractivity contribution is 0.0955. The molecule has 0 aliphatic heterocycles. The zero-order valence-electron chi connectivity index (χ0n) is 21.9. The molecule has 8 heteroatoms. The fraction of sp³-hybridized carbons (Fsp3) is 0. The van der Waals surface area contributed by atoms with Crippen LogP contribution in [0.2, 0.25) is 0 Å². The maximum atomic E-state index is 12.9. The molecule has 0 unspecified atom stereocenters. The summed E-state index contributed by atoms with van der Waals surface area (Å²) in [7, 11) is 0. The minimum atomic E-state index is -0.393. The monoisotopic (exact) mass is 535 g/mol. The van der Waals surface area contributed by atoms with Crippen molar-refractivity contribution >= 4 is 34.6 Å². The lowest BCUT2D eigenvalue weighted by Crippen LogP contribution is -2.19. The smallest absolute Gasteiger partial charge is 0.267 e. The van der Waals surface area contributed by atoms with Gasteiger partial charge < -0.3 is 0 Å². The van der Waals surface area contributed by atoms with Gasteiger partial charge in [-0.25, -0.2) is 10.4 Å². The van der Waals surface area contributed by atoms with E-state index in [0.717, 1.165) is 16.8 Å². The molecule has 0 radical (unpaired) electrons. The third kappa shape index (κ3) is 7.81. The number of rotatable bonds is 7. The summed E-state index contributed by atoms with van der Waals surface area (Å²) in [5.74, 6) is 0.337. The fourth-order valence-electron chi connectivity index (χ4n) is 3.64. The van der Waals surface area contributed by atoms with Crippen molar-refractivity contribution in [1.82, 2.24) is 5.43 Å². The van der Waals surface area contributed by atoms with Gasteiger partial charge in [-0.1, -0.05) is 97.1 Å². The minimum Gasteiger partial charge on any atom is -0.267 e. The van der Waals surface area contributed by atoms with E-state index in [4.69, 9.17) is 0 Å². The van der Waals surface area contributed by atoms with E-state index in [1.807, 2.05) is 121 Å². The van der Waals surface area contributed by atoms with Crippen LogP contribution in [0.5, 0.6) is 0 Å². The van der Waals surface area contributed by atoms with Gasteiger partial charge in [0.2, 0.25) is 5.84 Å². The minimum absolute atomic E-state index is 0.278. The Hall–Kier alpha value is -5.89. The molecule has 0 atom stereocenters. The van der Waals surface area contributed by atoms with E-state index in [1.165, 1.54) is 0 Å². The Kier molecular flexibility index (Phi) is 8.97. The van der Waals surface area contributed by atoms with Crippen LogP contribution in [0.1, 0.15) is 21.5 Å². The Morgan fingerprint density at radius 2 is 0.878 bits per heavy atom. The van der Waals surface area contributed by atoms with Gasteiger partial charge in [-0.05, 0) is 48.5 Å². The summed E-state index contributed by atoms with van der Waals surface area (Å²) in [4.78, 5) is 17.6. The van der Waals surface area contributed by atoms with Gasteiger partial charge in [0.1, 0.15) is 0 Å². The second-order valence-corrected chi connectivity index (χ2v) is 8.66. The highest BCUT2D eigenvalue weighted by Crippen LogP contribution is 2.18. The number of benzene rings is 5. The van der Waals surface area contributed by atoms with E-state index in [9.17, 15) is 4.79 Å². The standard InChI is InChI=1S/C33H25N7O/c41-33(40-39-32(26-15-7-2-8-16-26)38-36-30-19-11-4-12-20-30)27-21-23-28(24-22-27)34-31(25-13-5-1-6-14-25)37-35-29-17-9-3-10-18-29/h1-24H,(H,40,41)/b34-31?,37-35?,38-36?,39-32-. The molecule has 41 heavy (non-hydrogen) atoms. The summed E-state index contributed by atoms with van der Waals surface area (Å²) in [5, 5.41) is 21.5. The number of nitrogens with one attached hydrogen (secondary N) is 1. The predicted molar refractivity (Wildman–Crippen MR) is 161 cm³/mol. The van der Waals surface area contributed by atoms with Gasteiger partial charge in [-0.3, -0.25) is 4.79 Å². The van der Waals surface area contributed by atoms with Crippen LogP contribution in [-0.2, 0) is 0 Å². The van der Waals surface area contributed by atoms with Crippen molar-refractivity contribution in [3.05, 3.63) is 162 Å². The summed E-state index contributed by atoms with van der Waals surface area (Å²) in [6, 6.07) is 44.5. The summed E-state index contributed by atoms with van der Waals surface area (Å²) in [6.07, 6.45) is 0. The number of nitrogens with zero attached hydrogens (tertiary/aromatic N) is 6. The average molecular weight is 536 g/mol. The second-order valence-electron chi connectivity index (χ2n) is 8.66. The first kappa shape index (κ1) is 26.7. The van der Waals surface area contributed by atoms with Crippen LogP contribution in [0.3, 0.4) is 0 Å². The predicted octanol–water partition coefficient (Wildman–Crippen LogP) is 8.42. The summed E-state index contributed by atoms with van der Waals surface area (Å²) in [6.45, 7) is 0. The molecule has 5 aromatic carbocycles. The van der Waals surface area contributed by atoms with Crippen LogP contribution in [0, 0.1) is 0 Å². The third-order valence-corrected chi connectivity index (χ3v) is 5.72. The second kappa shape index (κ2) is 13.8. The van der Waals surface area contributed by atoms with Gasteiger partial charge in [0, 0.05) is 16.7 Å². The van der Waals surface area contributed by atoms with Crippen molar-refractivity contribution < 1.29 is 4.79 Å². The molecular weight excluding hydrogens is 510 g/mol. The van der Waals surface area contributed by atoms with Crippen molar-refractivity contribution in [1.29, 1.82) is 0 Å². The molecule has 0 saturated heterocycles. The molecule has 0 spiro atoms. The molecule has 0 fully saturated rings. The van der Waals surface area contributed by atoms with Gasteiger partial charge in [-0.15, -0.1) is 25.6 Å². The number of carbonyl (C=O) groups is 1. The summed E-state index contributed by atoms with van der Waals surface area (Å²) in [5.41, 5.74) is 6.56. The molecule has 0 aliphatic carbocycles. The van der Waals surface area contributed by atoms with Crippen LogP contribution >= 0.6 is 0 Å². The van der Waals surface area contributed by atoms with Crippen LogP contribution in [0.4, 0.5) is 17.1 Å². The Balaban J connectivity index is 1.34. The van der Waals surface area contributed by atoms with Gasteiger partial charge in [0.25, 0.3) is 5.91 Å². The molecule has 0 heterocycles. The van der Waals surface area contributed by atoms with E-state index in [2.05, 4.69) is 36.0 Å². The van der Waals surface area contributed by atoms with Gasteiger partial charge in [0.15, 0.2) is 5.84 Å². The number of hydrazone groups is 1. The molecule has 198 valence electrons. The van der Waals surface area contributed by atoms with Crippen molar-refractivity contribution in [3.63, 3.8) is 0 Å². The van der Waals surface area contributed by atoms with Crippen LogP contribution < -0.4 is 5.43 Å². The van der Waals surface area contributed by atoms with E-state index < -0.39 is 5.91 Å². The highest BCUT2D eigenvalue weighted by molar-refractivity contribution is 6.02. The first-order chi connectivity index (χ1) is 20.2. The molecule has 1 N–H and O–H groups in total. The number of hydrogen-bond donors (Lipinski definition) is 1. The Bertz CT molecular complexity index is 1680. The Morgan fingerprint density at radius 3 is 1.39 bits per heavy atom. The zero-order valence-corrected chi connectivity index (χ0v) is 21.9. The number of hydrogen-bond acceptors (Lipinski definition) is 5. The van der Waals surface area contributed by atoms with Gasteiger partial charge in [0.05, 0.1) is 17.1 Å². The molecule has 0 bridgehead atoms. The number of carbonyl (C=O) groups excluding carboxylic acids is 1. The Labute approximate surface area is 237 Å². The first-order valence-corrected chi connectivity index (χ1v) is 12.9. The topological polar surface area (TPSA) is 103 Å². The third-order valence-electron chi connectivity index (χ3n) is 5.72. The normalized spacial score (nSPS) is 12.1. The molecule has 5 rings (SSSR count). The number of azo groups is 2. The van der Waals surface area contributed by atoms with E-state index in [0.29, 0.717) is 22.8 Å². The molecule has 5 aromatic rings. The fourth-order valence-corrected chi connectivity index (χ4v) is 3.64. The summed E-state index contributed by atoms with van der Waals surface area (Å²) >= 11 is 0. The van der Waals surface area contributed by atoms with E-state index in [-0.39, 0.29) is 5.84 Å². The largest absolute Gasteiger partial charge is 0.271 e. The quantitative estimate of drug-likeness (QED) is 0.0961. The number of amides is 1. The molecule has 0 aliphatic rings. The number of amidine groups is 2. The maximum absolute atomic E-state index is 12.9. The maximum Gasteiger partial charge on any atom is 0.271 e. The summed E-state index contributed by atoms with van der Waals surface area (Å²) < 4.78 is 0. The molecule has 1 amide bonds. The van der Waals surface area contributed by atoms with Crippen molar-refractivity contribution in [2.75, 3.05) is 0 Å². The lowest BCUT2D eigenvalue weighted by Gasteiger charge is -2.04. The number of aliphatic imine (C=N–C) groups is 1. The first-order valence-electron chi connectivity index (χ1n) is 12.9. The van der Waals surface area contributed by atoms with Crippen LogP contribution in [0.25, 0.3) is 0 Å². The molecule has 0 aromatic heterocycles. The molecular formula is C33H25N7O.